The zero-order valence-corrected chi connectivity index (χ0v) is 11.6. The number of hydrogen-bond acceptors (Lipinski definition) is 2. The van der Waals surface area contributed by atoms with Crippen molar-refractivity contribution in [3.05, 3.63) is 65.5 Å². The molecule has 0 unspecified atom stereocenters. The van der Waals surface area contributed by atoms with Crippen molar-refractivity contribution in [2.75, 3.05) is 5.73 Å². The molecule has 0 radical (unpaired) electrons. The van der Waals surface area contributed by atoms with Crippen LogP contribution >= 0.6 is 0 Å². The molecule has 1 aliphatic carbocycles. The number of benzene rings is 2. The second-order valence-corrected chi connectivity index (χ2v) is 5.38. The third kappa shape index (κ3) is 3.05. The van der Waals surface area contributed by atoms with Crippen molar-refractivity contribution in [3.8, 4) is 0 Å². The maximum Gasteiger partial charge on any atom is 0.256 e. The monoisotopic (exact) mass is 284 g/mol. The summed E-state index contributed by atoms with van der Waals surface area (Å²) in [7, 11) is 0. The highest BCUT2D eigenvalue weighted by atomic mass is 19.1. The maximum atomic E-state index is 13.1. The van der Waals surface area contributed by atoms with Crippen LogP contribution in [0.5, 0.6) is 0 Å². The van der Waals surface area contributed by atoms with Gasteiger partial charge in [0.1, 0.15) is 5.82 Å². The minimum Gasteiger partial charge on any atom is -0.398 e. The topological polar surface area (TPSA) is 46.3 Å². The number of hydrogen-bond donors (Lipinski definition) is 1. The van der Waals surface area contributed by atoms with Crippen molar-refractivity contribution in [1.29, 1.82) is 0 Å². The average Bonchev–Trinajstić information content (AvgIpc) is 3.30. The molecule has 0 saturated heterocycles. The maximum absolute atomic E-state index is 13.1. The third-order valence-electron chi connectivity index (χ3n) is 3.69. The number of amides is 1. The fourth-order valence-electron chi connectivity index (χ4n) is 2.42. The standard InChI is InChI=1S/C17H17FN2O/c18-13-6-9-15(16(19)10-13)17(21)20(14-7-8-14)11-12-4-2-1-3-5-12/h1-6,9-10,14H,7-8,11,19H2. The summed E-state index contributed by atoms with van der Waals surface area (Å²) in [5, 5.41) is 0. The van der Waals surface area contributed by atoms with E-state index in [0.717, 1.165) is 18.4 Å². The molecule has 4 heteroatoms. The average molecular weight is 284 g/mol. The van der Waals surface area contributed by atoms with Gasteiger partial charge >= 0.3 is 0 Å². The van der Waals surface area contributed by atoms with E-state index in [4.69, 9.17) is 5.73 Å². The Morgan fingerprint density at radius 2 is 1.90 bits per heavy atom. The molecule has 1 fully saturated rings. The highest BCUT2D eigenvalue weighted by molar-refractivity contribution is 5.99. The van der Waals surface area contributed by atoms with Crippen molar-refractivity contribution in [1.82, 2.24) is 4.90 Å². The lowest BCUT2D eigenvalue weighted by Gasteiger charge is -2.23. The first kappa shape index (κ1) is 13.6. The largest absolute Gasteiger partial charge is 0.398 e. The van der Waals surface area contributed by atoms with Crippen LogP contribution in [-0.4, -0.2) is 16.8 Å². The SMILES string of the molecule is Nc1cc(F)ccc1C(=O)N(Cc1ccccc1)C1CC1. The quantitative estimate of drug-likeness (QED) is 0.876. The van der Waals surface area contributed by atoms with E-state index < -0.39 is 5.82 Å². The highest BCUT2D eigenvalue weighted by Crippen LogP contribution is 2.30. The Kier molecular flexibility index (Phi) is 3.60. The van der Waals surface area contributed by atoms with E-state index in [-0.39, 0.29) is 17.6 Å². The highest BCUT2D eigenvalue weighted by Gasteiger charge is 2.33. The van der Waals surface area contributed by atoms with E-state index in [1.54, 1.807) is 0 Å². The fraction of sp³-hybridized carbons (Fsp3) is 0.235. The van der Waals surface area contributed by atoms with Gasteiger partial charge in [0.15, 0.2) is 0 Å². The summed E-state index contributed by atoms with van der Waals surface area (Å²) in [5.74, 6) is -0.552. The van der Waals surface area contributed by atoms with Gasteiger partial charge in [0.05, 0.1) is 5.56 Å². The van der Waals surface area contributed by atoms with Crippen LogP contribution in [0.4, 0.5) is 10.1 Å². The van der Waals surface area contributed by atoms with Gasteiger partial charge in [0.25, 0.3) is 5.91 Å². The van der Waals surface area contributed by atoms with Crippen molar-refractivity contribution >= 4 is 11.6 Å². The Hall–Kier alpha value is -2.36. The molecule has 0 heterocycles. The zero-order valence-electron chi connectivity index (χ0n) is 11.6. The molecule has 0 bridgehead atoms. The van der Waals surface area contributed by atoms with Gasteiger partial charge in [-0.15, -0.1) is 0 Å². The molecule has 108 valence electrons. The second-order valence-electron chi connectivity index (χ2n) is 5.38. The molecule has 2 N–H and O–H groups in total. The van der Waals surface area contributed by atoms with Crippen LogP contribution in [0.2, 0.25) is 0 Å². The Morgan fingerprint density at radius 3 is 2.52 bits per heavy atom. The molecule has 0 atom stereocenters. The van der Waals surface area contributed by atoms with Gasteiger partial charge < -0.3 is 10.6 Å². The Morgan fingerprint density at radius 1 is 1.19 bits per heavy atom. The predicted molar refractivity (Wildman–Crippen MR) is 80.1 cm³/mol. The molecule has 2 aromatic carbocycles. The van der Waals surface area contributed by atoms with E-state index in [1.165, 1.54) is 18.2 Å². The summed E-state index contributed by atoms with van der Waals surface area (Å²) in [6.45, 7) is 0.557. The Labute approximate surface area is 123 Å². The van der Waals surface area contributed by atoms with Crippen LogP contribution in [0, 0.1) is 5.82 Å². The first-order valence-electron chi connectivity index (χ1n) is 7.05. The molecule has 3 rings (SSSR count). The molecule has 21 heavy (non-hydrogen) atoms. The number of carbonyl (C=O) groups excluding carboxylic acids is 1. The van der Waals surface area contributed by atoms with Gasteiger partial charge in [-0.3, -0.25) is 4.79 Å². The van der Waals surface area contributed by atoms with E-state index in [9.17, 15) is 9.18 Å². The van der Waals surface area contributed by atoms with E-state index in [2.05, 4.69) is 0 Å². The van der Waals surface area contributed by atoms with Crippen LogP contribution in [0.15, 0.2) is 48.5 Å². The van der Waals surface area contributed by atoms with Crippen LogP contribution in [0.25, 0.3) is 0 Å². The van der Waals surface area contributed by atoms with E-state index >= 15 is 0 Å². The van der Waals surface area contributed by atoms with Crippen molar-refractivity contribution in [3.63, 3.8) is 0 Å². The number of halogens is 1. The number of nitrogen functional groups attached to an aromatic ring is 1. The number of nitrogens with zero attached hydrogens (tertiary/aromatic N) is 1. The van der Waals surface area contributed by atoms with Gasteiger partial charge in [-0.2, -0.15) is 0 Å². The molecular formula is C17H17FN2O. The van der Waals surface area contributed by atoms with Crippen molar-refractivity contribution in [2.24, 2.45) is 0 Å². The molecule has 1 amide bonds. The van der Waals surface area contributed by atoms with Crippen molar-refractivity contribution in [2.45, 2.75) is 25.4 Å². The minimum absolute atomic E-state index is 0.126. The van der Waals surface area contributed by atoms with Gasteiger partial charge in [0.2, 0.25) is 0 Å². The third-order valence-corrected chi connectivity index (χ3v) is 3.69. The number of rotatable bonds is 4. The Balaban J connectivity index is 1.85. The van der Waals surface area contributed by atoms with Crippen LogP contribution < -0.4 is 5.73 Å². The lowest BCUT2D eigenvalue weighted by Crippen LogP contribution is -2.33. The first-order chi connectivity index (χ1) is 10.1. The zero-order chi connectivity index (χ0) is 14.8. The first-order valence-corrected chi connectivity index (χ1v) is 7.05. The molecule has 1 saturated carbocycles. The van der Waals surface area contributed by atoms with Gasteiger partial charge in [-0.05, 0) is 36.6 Å². The van der Waals surface area contributed by atoms with Crippen LogP contribution in [-0.2, 0) is 6.54 Å². The lowest BCUT2D eigenvalue weighted by atomic mass is 10.1. The molecule has 2 aromatic rings. The summed E-state index contributed by atoms with van der Waals surface area (Å²) in [4.78, 5) is 14.5. The number of anilines is 1. The summed E-state index contributed by atoms with van der Waals surface area (Å²) in [6, 6.07) is 14.1. The minimum atomic E-state index is -0.426. The second kappa shape index (κ2) is 5.56. The summed E-state index contributed by atoms with van der Waals surface area (Å²) >= 11 is 0. The summed E-state index contributed by atoms with van der Waals surface area (Å²) < 4.78 is 13.1. The number of carbonyl (C=O) groups is 1. The van der Waals surface area contributed by atoms with Crippen molar-refractivity contribution < 1.29 is 9.18 Å². The van der Waals surface area contributed by atoms with Gasteiger partial charge in [-0.25, -0.2) is 4.39 Å². The fourth-order valence-corrected chi connectivity index (χ4v) is 2.42. The Bertz CT molecular complexity index is 653. The molecule has 0 aromatic heterocycles. The molecular weight excluding hydrogens is 267 g/mol. The van der Waals surface area contributed by atoms with Crippen LogP contribution in [0.3, 0.4) is 0 Å². The molecule has 1 aliphatic rings. The summed E-state index contributed by atoms with van der Waals surface area (Å²) in [5.41, 5.74) is 7.44. The molecule has 3 nitrogen and oxygen atoms in total. The molecule has 0 aliphatic heterocycles. The molecule has 0 spiro atoms. The predicted octanol–water partition coefficient (Wildman–Crippen LogP) is 3.21. The van der Waals surface area contributed by atoms with Gasteiger partial charge in [-0.1, -0.05) is 30.3 Å². The normalized spacial score (nSPS) is 14.0. The van der Waals surface area contributed by atoms with E-state index in [0.29, 0.717) is 12.1 Å². The summed E-state index contributed by atoms with van der Waals surface area (Å²) in [6.07, 6.45) is 2.03. The van der Waals surface area contributed by atoms with Crippen LogP contribution in [0.1, 0.15) is 28.8 Å². The van der Waals surface area contributed by atoms with Gasteiger partial charge in [0, 0.05) is 18.3 Å². The lowest BCUT2D eigenvalue weighted by molar-refractivity contribution is 0.0731. The number of nitrogens with two attached hydrogens (primary N) is 1. The van der Waals surface area contributed by atoms with E-state index in [1.807, 2.05) is 35.2 Å². The smallest absolute Gasteiger partial charge is 0.256 e.